The summed E-state index contributed by atoms with van der Waals surface area (Å²) in [7, 11) is 0. The number of amides is 1. The fraction of sp³-hybridized carbons (Fsp3) is 0.429. The van der Waals surface area contributed by atoms with Crippen LogP contribution in [0.25, 0.3) is 0 Å². The van der Waals surface area contributed by atoms with E-state index in [1.54, 1.807) is 6.92 Å². The fourth-order valence-electron chi connectivity index (χ4n) is 2.22. The van der Waals surface area contributed by atoms with Gasteiger partial charge in [0.1, 0.15) is 11.6 Å². The second kappa shape index (κ2) is 5.56. The first-order valence-corrected chi connectivity index (χ1v) is 6.42. The molecule has 6 heteroatoms. The van der Waals surface area contributed by atoms with E-state index in [2.05, 4.69) is 5.32 Å². The quantitative estimate of drug-likeness (QED) is 0.871. The number of benzene rings is 1. The molecular weight excluding hydrogens is 268 g/mol. The average molecular weight is 283 g/mol. The summed E-state index contributed by atoms with van der Waals surface area (Å²) in [5.41, 5.74) is 0.0772. The normalized spacial score (nSPS) is 22.1. The Morgan fingerprint density at radius 1 is 1.40 bits per heavy atom. The van der Waals surface area contributed by atoms with Crippen molar-refractivity contribution in [2.75, 3.05) is 0 Å². The summed E-state index contributed by atoms with van der Waals surface area (Å²) in [6.07, 6.45) is 0.680. The van der Waals surface area contributed by atoms with Gasteiger partial charge in [-0.15, -0.1) is 0 Å². The minimum absolute atomic E-state index is 0.0772. The largest absolute Gasteiger partial charge is 0.481 e. The van der Waals surface area contributed by atoms with Gasteiger partial charge in [0.2, 0.25) is 5.91 Å². The van der Waals surface area contributed by atoms with Crippen molar-refractivity contribution in [2.24, 2.45) is 11.8 Å². The SMILES string of the molecule is CC[C@H](NC(=O)[C@@H]1C[C@H]1C(=O)O)c1cc(F)ccc1F. The number of carbonyl (C=O) groups is 2. The third-order valence-electron chi connectivity index (χ3n) is 3.50. The molecule has 0 aromatic heterocycles. The standard InChI is InChI=1S/C14H15F2NO3/c1-2-12(10-5-7(15)3-4-11(10)16)17-13(18)8-6-9(8)14(19)20/h3-5,8-9,12H,2,6H2,1H3,(H,17,18)(H,19,20)/t8-,9-,12+/m1/s1. The minimum atomic E-state index is -1.00. The maximum Gasteiger partial charge on any atom is 0.307 e. The highest BCUT2D eigenvalue weighted by Crippen LogP contribution is 2.39. The molecule has 1 amide bonds. The molecule has 0 unspecified atom stereocenters. The third kappa shape index (κ3) is 2.95. The van der Waals surface area contributed by atoms with Crippen LogP contribution in [-0.4, -0.2) is 17.0 Å². The Hall–Kier alpha value is -1.98. The minimum Gasteiger partial charge on any atom is -0.481 e. The number of hydrogen-bond donors (Lipinski definition) is 2. The van der Waals surface area contributed by atoms with Crippen LogP contribution in [0.4, 0.5) is 8.78 Å². The molecular formula is C14H15F2NO3. The van der Waals surface area contributed by atoms with Gasteiger partial charge >= 0.3 is 5.97 Å². The van der Waals surface area contributed by atoms with Crippen molar-refractivity contribution < 1.29 is 23.5 Å². The topological polar surface area (TPSA) is 66.4 Å². The van der Waals surface area contributed by atoms with E-state index in [-0.39, 0.29) is 5.56 Å². The van der Waals surface area contributed by atoms with Gasteiger partial charge < -0.3 is 10.4 Å². The zero-order valence-electron chi connectivity index (χ0n) is 10.9. The van der Waals surface area contributed by atoms with Crippen LogP contribution in [-0.2, 0) is 9.59 Å². The number of nitrogens with one attached hydrogen (secondary N) is 1. The molecule has 1 fully saturated rings. The molecule has 1 aliphatic carbocycles. The number of hydrogen-bond acceptors (Lipinski definition) is 2. The predicted octanol–water partition coefficient (Wildman–Crippen LogP) is 2.25. The van der Waals surface area contributed by atoms with Gasteiger partial charge in [0.05, 0.1) is 17.9 Å². The van der Waals surface area contributed by atoms with Crippen LogP contribution in [0.1, 0.15) is 31.4 Å². The van der Waals surface area contributed by atoms with E-state index in [1.807, 2.05) is 0 Å². The monoisotopic (exact) mass is 283 g/mol. The highest BCUT2D eigenvalue weighted by Gasteiger charge is 2.48. The zero-order chi connectivity index (χ0) is 14.9. The molecule has 0 bridgehead atoms. The lowest BCUT2D eigenvalue weighted by molar-refractivity contribution is -0.140. The molecule has 0 saturated heterocycles. The summed E-state index contributed by atoms with van der Waals surface area (Å²) in [5, 5.41) is 11.4. The zero-order valence-corrected chi connectivity index (χ0v) is 10.9. The lowest BCUT2D eigenvalue weighted by Crippen LogP contribution is -2.31. The highest BCUT2D eigenvalue weighted by molar-refractivity contribution is 5.89. The molecule has 0 aliphatic heterocycles. The summed E-state index contributed by atoms with van der Waals surface area (Å²) >= 11 is 0. The van der Waals surface area contributed by atoms with Gasteiger partial charge in [0.25, 0.3) is 0 Å². The van der Waals surface area contributed by atoms with Crippen molar-refractivity contribution in [1.82, 2.24) is 5.32 Å². The Kier molecular flexibility index (Phi) is 4.01. The number of rotatable bonds is 5. The van der Waals surface area contributed by atoms with Crippen molar-refractivity contribution >= 4 is 11.9 Å². The Labute approximate surface area is 114 Å². The lowest BCUT2D eigenvalue weighted by atomic mass is 10.0. The average Bonchev–Trinajstić information content (AvgIpc) is 3.19. The van der Waals surface area contributed by atoms with Crippen LogP contribution in [0.15, 0.2) is 18.2 Å². The molecule has 1 aliphatic rings. The van der Waals surface area contributed by atoms with E-state index in [9.17, 15) is 18.4 Å². The molecule has 0 radical (unpaired) electrons. The van der Waals surface area contributed by atoms with E-state index in [0.717, 1.165) is 18.2 Å². The predicted molar refractivity (Wildman–Crippen MR) is 66.8 cm³/mol. The van der Waals surface area contributed by atoms with E-state index in [4.69, 9.17) is 5.11 Å². The Bertz CT molecular complexity index is 547. The summed E-state index contributed by atoms with van der Waals surface area (Å²) in [6, 6.07) is 2.41. The molecule has 20 heavy (non-hydrogen) atoms. The van der Waals surface area contributed by atoms with Gasteiger partial charge in [-0.05, 0) is 31.0 Å². The summed E-state index contributed by atoms with van der Waals surface area (Å²) in [6.45, 7) is 1.73. The second-order valence-corrected chi connectivity index (χ2v) is 4.92. The molecule has 108 valence electrons. The first-order valence-electron chi connectivity index (χ1n) is 6.42. The number of carboxylic acids is 1. The number of halogens is 2. The Balaban J connectivity index is 2.08. The lowest BCUT2D eigenvalue weighted by Gasteiger charge is -2.18. The first kappa shape index (κ1) is 14.4. The highest BCUT2D eigenvalue weighted by atomic mass is 19.1. The van der Waals surface area contributed by atoms with Gasteiger partial charge in [0, 0.05) is 5.56 Å². The molecule has 1 aromatic carbocycles. The van der Waals surface area contributed by atoms with Crippen LogP contribution in [0.2, 0.25) is 0 Å². The summed E-state index contributed by atoms with van der Waals surface area (Å²) < 4.78 is 26.8. The van der Waals surface area contributed by atoms with Crippen molar-refractivity contribution in [3.63, 3.8) is 0 Å². The smallest absolute Gasteiger partial charge is 0.307 e. The first-order chi connectivity index (χ1) is 9.43. The number of carbonyl (C=O) groups excluding carboxylic acids is 1. The Morgan fingerprint density at radius 3 is 2.65 bits per heavy atom. The van der Waals surface area contributed by atoms with Gasteiger partial charge in [-0.2, -0.15) is 0 Å². The Morgan fingerprint density at radius 2 is 2.10 bits per heavy atom. The van der Waals surface area contributed by atoms with Crippen molar-refractivity contribution in [3.05, 3.63) is 35.4 Å². The van der Waals surface area contributed by atoms with Crippen LogP contribution >= 0.6 is 0 Å². The van der Waals surface area contributed by atoms with Gasteiger partial charge in [0.15, 0.2) is 0 Å². The van der Waals surface area contributed by atoms with Crippen molar-refractivity contribution in [1.29, 1.82) is 0 Å². The van der Waals surface area contributed by atoms with Crippen molar-refractivity contribution in [3.8, 4) is 0 Å². The molecule has 1 saturated carbocycles. The molecule has 0 heterocycles. The molecule has 2 rings (SSSR count). The van der Waals surface area contributed by atoms with E-state index >= 15 is 0 Å². The summed E-state index contributed by atoms with van der Waals surface area (Å²) in [5.74, 6) is -3.83. The molecule has 2 N–H and O–H groups in total. The molecule has 4 nitrogen and oxygen atoms in total. The molecule has 3 atom stereocenters. The van der Waals surface area contributed by atoms with Crippen molar-refractivity contribution in [2.45, 2.75) is 25.8 Å². The van der Waals surface area contributed by atoms with E-state index < -0.39 is 41.4 Å². The van der Waals surface area contributed by atoms with Crippen LogP contribution < -0.4 is 5.32 Å². The number of carboxylic acid groups (broad SMARTS) is 1. The van der Waals surface area contributed by atoms with Crippen LogP contribution in [0.3, 0.4) is 0 Å². The second-order valence-electron chi connectivity index (χ2n) is 4.92. The molecule has 0 spiro atoms. The molecule has 1 aromatic rings. The van der Waals surface area contributed by atoms with Gasteiger partial charge in [-0.25, -0.2) is 8.78 Å². The maximum atomic E-state index is 13.7. The van der Waals surface area contributed by atoms with Gasteiger partial charge in [-0.1, -0.05) is 6.92 Å². The van der Waals surface area contributed by atoms with E-state index in [1.165, 1.54) is 0 Å². The number of aliphatic carboxylic acids is 1. The fourth-order valence-corrected chi connectivity index (χ4v) is 2.22. The summed E-state index contributed by atoms with van der Waals surface area (Å²) in [4.78, 5) is 22.6. The van der Waals surface area contributed by atoms with Gasteiger partial charge in [-0.3, -0.25) is 9.59 Å². The van der Waals surface area contributed by atoms with Crippen LogP contribution in [0.5, 0.6) is 0 Å². The third-order valence-corrected chi connectivity index (χ3v) is 3.50. The maximum absolute atomic E-state index is 13.7. The van der Waals surface area contributed by atoms with Crippen LogP contribution in [0, 0.1) is 23.5 Å². The van der Waals surface area contributed by atoms with E-state index in [0.29, 0.717) is 12.8 Å².